The molecule has 4 aromatic rings. The van der Waals surface area contributed by atoms with Crippen LogP contribution < -0.4 is 19.1 Å². The molecule has 1 spiro atoms. The lowest BCUT2D eigenvalue weighted by molar-refractivity contribution is 0.108. The van der Waals surface area contributed by atoms with Gasteiger partial charge in [-0.1, -0.05) is 13.0 Å². The number of nitrogens with zero attached hydrogens (tertiary/aromatic N) is 5. The van der Waals surface area contributed by atoms with Gasteiger partial charge in [0, 0.05) is 31.4 Å². The number of phenolic OH excluding ortho intramolecular Hbond substituents is 1. The zero-order valence-electron chi connectivity index (χ0n) is 26.2. The molecule has 0 saturated carbocycles. The first kappa shape index (κ1) is 30.6. The average Bonchev–Trinajstić information content (AvgIpc) is 3.72. The van der Waals surface area contributed by atoms with Crippen molar-refractivity contribution in [3.63, 3.8) is 0 Å². The molecule has 0 amide bonds. The maximum absolute atomic E-state index is 16.9. The summed E-state index contributed by atoms with van der Waals surface area (Å²) in [4.78, 5) is 18.4. The Morgan fingerprint density at radius 3 is 2.60 bits per heavy atom. The number of phenols is 1. The molecule has 1 atom stereocenters. The number of benzene rings is 2. The highest BCUT2D eigenvalue weighted by Crippen LogP contribution is 2.41. The van der Waals surface area contributed by atoms with Gasteiger partial charge in [0.05, 0.1) is 16.5 Å². The van der Waals surface area contributed by atoms with Gasteiger partial charge in [-0.3, -0.25) is 9.88 Å². The molecule has 8 rings (SSSR count). The summed E-state index contributed by atoms with van der Waals surface area (Å²) in [5.41, 5.74) is -0.269. The van der Waals surface area contributed by atoms with Gasteiger partial charge in [0.1, 0.15) is 35.2 Å². The summed E-state index contributed by atoms with van der Waals surface area (Å²) in [5, 5.41) is 12.0. The first-order valence-electron chi connectivity index (χ1n) is 16.3. The van der Waals surface area contributed by atoms with Crippen molar-refractivity contribution in [1.29, 1.82) is 0 Å². The van der Waals surface area contributed by atoms with E-state index in [-0.39, 0.29) is 40.6 Å². The number of aromatic nitrogens is 3. The van der Waals surface area contributed by atoms with Gasteiger partial charge in [0.15, 0.2) is 5.82 Å². The first-order valence-corrected chi connectivity index (χ1v) is 17.8. The minimum absolute atomic E-state index is 0.0158. The van der Waals surface area contributed by atoms with Crippen LogP contribution in [0.4, 0.5) is 14.6 Å². The number of rotatable bonds is 6. The third-order valence-corrected chi connectivity index (χ3v) is 11.7. The second-order valence-corrected chi connectivity index (χ2v) is 14.9. The average molecular weight is 666 g/mol. The summed E-state index contributed by atoms with van der Waals surface area (Å²) in [6.45, 7) is 5.34. The van der Waals surface area contributed by atoms with Crippen LogP contribution in [0, 0.1) is 11.6 Å². The van der Waals surface area contributed by atoms with Crippen LogP contribution in [0.15, 0.2) is 30.5 Å². The number of hydrogen-bond acceptors (Lipinski definition) is 9. The Morgan fingerprint density at radius 2 is 1.85 bits per heavy atom. The number of nitrogens with one attached hydrogen (secondary N) is 2. The normalized spacial score (nSPS) is 23.7. The van der Waals surface area contributed by atoms with E-state index in [1.54, 1.807) is 6.07 Å². The predicted octanol–water partition coefficient (Wildman–Crippen LogP) is 4.18. The van der Waals surface area contributed by atoms with E-state index in [1.807, 2.05) is 11.8 Å². The number of pyridine rings is 1. The smallest absolute Gasteiger partial charge is 0.319 e. The third kappa shape index (κ3) is 5.16. The van der Waals surface area contributed by atoms with Crippen molar-refractivity contribution >= 4 is 37.7 Å². The first-order chi connectivity index (χ1) is 22.6. The molecule has 0 aliphatic carbocycles. The van der Waals surface area contributed by atoms with Gasteiger partial charge >= 0.3 is 6.01 Å². The lowest BCUT2D eigenvalue weighted by Crippen LogP contribution is -2.56. The summed E-state index contributed by atoms with van der Waals surface area (Å²) < 4.78 is 68.2. The van der Waals surface area contributed by atoms with Crippen molar-refractivity contribution < 1.29 is 27.0 Å². The quantitative estimate of drug-likeness (QED) is 0.278. The molecule has 2 aromatic heterocycles. The van der Waals surface area contributed by atoms with Crippen LogP contribution in [-0.4, -0.2) is 83.8 Å². The molecule has 4 aliphatic heterocycles. The second-order valence-electron chi connectivity index (χ2n) is 13.4. The van der Waals surface area contributed by atoms with Crippen molar-refractivity contribution in [3.8, 4) is 23.0 Å². The molecule has 4 aliphatic rings. The monoisotopic (exact) mass is 665 g/mol. The van der Waals surface area contributed by atoms with Gasteiger partial charge in [-0.25, -0.2) is 13.5 Å². The Morgan fingerprint density at radius 1 is 1.06 bits per heavy atom. The summed E-state index contributed by atoms with van der Waals surface area (Å²) in [6.07, 6.45) is 7.38. The van der Waals surface area contributed by atoms with Crippen molar-refractivity contribution in [2.24, 2.45) is 0 Å². The second kappa shape index (κ2) is 11.2. The Balaban J connectivity index is 1.27. The molecule has 0 bridgehead atoms. The Kier molecular flexibility index (Phi) is 7.28. The zero-order valence-corrected chi connectivity index (χ0v) is 27.0. The molecule has 0 radical (unpaired) electrons. The third-order valence-electron chi connectivity index (χ3n) is 10.5. The summed E-state index contributed by atoms with van der Waals surface area (Å²) in [5.74, 6) is -0.859. The lowest BCUT2D eigenvalue weighted by Gasteiger charge is -2.40. The molecular formula is C33H37F2N7O4S. The minimum Gasteiger partial charge on any atom is -0.508 e. The molecule has 3 N–H and O–H groups in total. The molecule has 47 heavy (non-hydrogen) atoms. The Labute approximate surface area is 271 Å². The van der Waals surface area contributed by atoms with Gasteiger partial charge in [0.25, 0.3) is 10.2 Å². The van der Waals surface area contributed by atoms with Gasteiger partial charge < -0.3 is 14.7 Å². The number of halogens is 2. The van der Waals surface area contributed by atoms with E-state index in [2.05, 4.69) is 24.3 Å². The van der Waals surface area contributed by atoms with Crippen LogP contribution >= 0.6 is 0 Å². The molecule has 14 heteroatoms. The molecule has 4 fully saturated rings. The number of fused-ring (bicyclic) bond motifs is 3. The van der Waals surface area contributed by atoms with Gasteiger partial charge in [-0.05, 0) is 92.6 Å². The van der Waals surface area contributed by atoms with Gasteiger partial charge in [-0.2, -0.15) is 23.1 Å². The van der Waals surface area contributed by atoms with Gasteiger partial charge in [-0.15, -0.1) is 0 Å². The number of piperidine rings is 1. The van der Waals surface area contributed by atoms with E-state index in [0.717, 1.165) is 38.8 Å². The van der Waals surface area contributed by atoms with Crippen molar-refractivity contribution in [2.75, 3.05) is 44.2 Å². The number of aromatic hydroxyl groups is 1. The van der Waals surface area contributed by atoms with E-state index in [0.29, 0.717) is 66.5 Å². The van der Waals surface area contributed by atoms with Crippen LogP contribution in [0.5, 0.6) is 11.8 Å². The van der Waals surface area contributed by atoms with E-state index in [9.17, 15) is 17.9 Å². The van der Waals surface area contributed by atoms with Crippen LogP contribution in [0.3, 0.4) is 0 Å². The van der Waals surface area contributed by atoms with Crippen molar-refractivity contribution in [1.82, 2.24) is 29.3 Å². The predicted molar refractivity (Wildman–Crippen MR) is 174 cm³/mol. The maximum atomic E-state index is 16.9. The van der Waals surface area contributed by atoms with E-state index >= 15 is 4.39 Å². The minimum atomic E-state index is -3.62. The van der Waals surface area contributed by atoms with Crippen molar-refractivity contribution in [3.05, 3.63) is 47.7 Å². The molecule has 4 saturated heterocycles. The zero-order chi connectivity index (χ0) is 32.6. The number of anilines is 1. The summed E-state index contributed by atoms with van der Waals surface area (Å²) in [7, 11) is -3.62. The fourth-order valence-electron chi connectivity index (χ4n) is 8.34. The standard InChI is InChI=1S/C33H37F2N7O4S/c1-2-22-25(34)7-6-20-14-21(43)15-23(26(20)22)28-27(35)29-24(16-36-28)30(41-11-3-8-32(18-41)17-37-47(44,45)40-32)39-31(38-29)46-19-33-9-4-12-42(33)13-5-10-33/h6-7,14-16,37,40,43H,2-5,8-13,17-19H2,1H3. The largest absolute Gasteiger partial charge is 0.508 e. The highest BCUT2D eigenvalue weighted by molar-refractivity contribution is 7.87. The number of hydrogen-bond donors (Lipinski definition) is 3. The maximum Gasteiger partial charge on any atom is 0.319 e. The Bertz CT molecular complexity index is 2020. The number of aryl methyl sites for hydroxylation is 1. The molecule has 11 nitrogen and oxygen atoms in total. The van der Waals surface area contributed by atoms with E-state index in [1.165, 1.54) is 24.4 Å². The molecular weight excluding hydrogens is 628 g/mol. The lowest BCUT2D eigenvalue weighted by atomic mass is 9.90. The highest BCUT2D eigenvalue weighted by Gasteiger charge is 2.46. The van der Waals surface area contributed by atoms with Gasteiger partial charge in [0.2, 0.25) is 0 Å². The van der Waals surface area contributed by atoms with E-state index < -0.39 is 27.4 Å². The summed E-state index contributed by atoms with van der Waals surface area (Å²) in [6, 6.07) is 5.86. The molecule has 248 valence electrons. The highest BCUT2D eigenvalue weighted by atomic mass is 32.2. The SMILES string of the molecule is CCc1c(F)ccc2cc(O)cc(-c3ncc4c(N5CCCC6(CNS(=O)(=O)N6)C5)nc(OCC56CCCN5CCC6)nc4c3F)c12. The number of ether oxygens (including phenoxy) is 1. The van der Waals surface area contributed by atoms with Crippen molar-refractivity contribution in [2.45, 2.75) is 62.9 Å². The topological polar surface area (TPSA) is 133 Å². The van der Waals surface area contributed by atoms with Crippen LogP contribution in [0.2, 0.25) is 0 Å². The van der Waals surface area contributed by atoms with Crippen LogP contribution in [-0.2, 0) is 16.6 Å². The fourth-order valence-corrected chi connectivity index (χ4v) is 9.69. The Hall–Kier alpha value is -3.72. The molecule has 2 aromatic carbocycles. The summed E-state index contributed by atoms with van der Waals surface area (Å²) >= 11 is 0. The van der Waals surface area contributed by atoms with E-state index in [4.69, 9.17) is 9.72 Å². The molecule has 1 unspecified atom stereocenters. The molecule has 6 heterocycles. The fraction of sp³-hybridized carbons (Fsp3) is 0.485. The van der Waals surface area contributed by atoms with Crippen LogP contribution in [0.1, 0.15) is 51.0 Å². The van der Waals surface area contributed by atoms with Crippen LogP contribution in [0.25, 0.3) is 32.9 Å².